The fourth-order valence-electron chi connectivity index (χ4n) is 3.24. The number of hydrogen-bond donors (Lipinski definition) is 1. The molecule has 0 radical (unpaired) electrons. The zero-order valence-corrected chi connectivity index (χ0v) is 18.8. The first-order valence-corrected chi connectivity index (χ1v) is 10.8. The molecule has 1 N–H and O–H groups in total. The Morgan fingerprint density at radius 2 is 1.74 bits per heavy atom. The molecule has 0 bridgehead atoms. The van der Waals surface area contributed by atoms with E-state index in [0.29, 0.717) is 56.1 Å². The lowest BCUT2D eigenvalue weighted by Crippen LogP contribution is -2.36. The molecule has 2 heterocycles. The second-order valence-corrected chi connectivity index (χ2v) is 7.06. The number of pyridine rings is 1. The van der Waals surface area contributed by atoms with Crippen LogP contribution in [-0.4, -0.2) is 57.0 Å². The number of benzene rings is 1. The minimum atomic E-state index is -0.464. The summed E-state index contributed by atoms with van der Waals surface area (Å²) in [6, 6.07) is 6.88. The minimum absolute atomic E-state index is 0.0743. The topological polar surface area (TPSA) is 82.2 Å². The molecule has 168 valence electrons. The molecule has 1 fully saturated rings. The quantitative estimate of drug-likeness (QED) is 0.619. The molecule has 0 saturated carbocycles. The Kier molecular flexibility index (Phi) is 8.20. The summed E-state index contributed by atoms with van der Waals surface area (Å²) >= 11 is 6.21. The number of nitrogens with zero attached hydrogens (tertiary/aromatic N) is 2. The van der Waals surface area contributed by atoms with Crippen molar-refractivity contribution in [1.82, 2.24) is 4.98 Å². The van der Waals surface area contributed by atoms with E-state index in [9.17, 15) is 4.79 Å². The highest BCUT2D eigenvalue weighted by Gasteiger charge is 2.22. The number of carbonyl (C=O) groups is 1. The van der Waals surface area contributed by atoms with Crippen molar-refractivity contribution in [1.29, 1.82) is 0 Å². The summed E-state index contributed by atoms with van der Waals surface area (Å²) in [6.07, 6.45) is 0. The predicted octanol–water partition coefficient (Wildman–Crippen LogP) is 4.02. The molecule has 1 aromatic carbocycles. The van der Waals surface area contributed by atoms with Crippen LogP contribution in [0.25, 0.3) is 0 Å². The van der Waals surface area contributed by atoms with Gasteiger partial charge in [0.25, 0.3) is 5.91 Å². The zero-order valence-electron chi connectivity index (χ0n) is 18.1. The van der Waals surface area contributed by atoms with Crippen molar-refractivity contribution >= 4 is 28.9 Å². The lowest BCUT2D eigenvalue weighted by atomic mass is 10.2. The van der Waals surface area contributed by atoms with Gasteiger partial charge in [-0.2, -0.15) is 0 Å². The molecule has 1 aliphatic rings. The highest BCUT2D eigenvalue weighted by Crippen LogP contribution is 2.39. The Morgan fingerprint density at radius 1 is 1.06 bits per heavy atom. The highest BCUT2D eigenvalue weighted by atomic mass is 35.5. The van der Waals surface area contributed by atoms with Crippen molar-refractivity contribution < 1.29 is 23.7 Å². The maximum atomic E-state index is 13.0. The SMILES string of the molecule is CCOc1ccc(Cl)c(C(=O)Nc2cc(OCC)c(N3CCOCC3)cc2OCC)n1. The molecule has 0 atom stereocenters. The molecule has 1 aromatic heterocycles. The molecule has 31 heavy (non-hydrogen) atoms. The van der Waals surface area contributed by atoms with Crippen molar-refractivity contribution in [2.45, 2.75) is 20.8 Å². The van der Waals surface area contributed by atoms with E-state index in [0.717, 1.165) is 18.8 Å². The van der Waals surface area contributed by atoms with Crippen LogP contribution in [0, 0.1) is 0 Å². The number of amides is 1. The van der Waals surface area contributed by atoms with E-state index < -0.39 is 5.91 Å². The summed E-state index contributed by atoms with van der Waals surface area (Å²) in [4.78, 5) is 19.4. The summed E-state index contributed by atoms with van der Waals surface area (Å²) in [5, 5.41) is 3.09. The Labute approximate surface area is 187 Å². The summed E-state index contributed by atoms with van der Waals surface area (Å²) in [6.45, 7) is 9.81. The molecule has 1 aliphatic heterocycles. The number of aromatic nitrogens is 1. The van der Waals surface area contributed by atoms with E-state index in [2.05, 4.69) is 15.2 Å². The van der Waals surface area contributed by atoms with Crippen molar-refractivity contribution in [3.05, 3.63) is 35.0 Å². The third-order valence-corrected chi connectivity index (χ3v) is 4.89. The van der Waals surface area contributed by atoms with Crippen LogP contribution >= 0.6 is 11.6 Å². The summed E-state index contributed by atoms with van der Waals surface area (Å²) in [7, 11) is 0. The van der Waals surface area contributed by atoms with E-state index >= 15 is 0 Å². The Bertz CT molecular complexity index is 903. The normalized spacial score (nSPS) is 13.6. The van der Waals surface area contributed by atoms with Crippen molar-refractivity contribution in [3.8, 4) is 17.4 Å². The molecule has 0 spiro atoms. The molecule has 1 amide bonds. The lowest BCUT2D eigenvalue weighted by Gasteiger charge is -2.31. The highest BCUT2D eigenvalue weighted by molar-refractivity contribution is 6.34. The van der Waals surface area contributed by atoms with Gasteiger partial charge in [-0.05, 0) is 26.8 Å². The van der Waals surface area contributed by atoms with Gasteiger partial charge in [-0.25, -0.2) is 4.98 Å². The smallest absolute Gasteiger partial charge is 0.276 e. The fraction of sp³-hybridized carbons (Fsp3) is 0.455. The van der Waals surface area contributed by atoms with Gasteiger partial charge in [-0.3, -0.25) is 4.79 Å². The molecule has 9 heteroatoms. The maximum absolute atomic E-state index is 13.0. The van der Waals surface area contributed by atoms with E-state index in [1.807, 2.05) is 26.8 Å². The Balaban J connectivity index is 1.94. The van der Waals surface area contributed by atoms with Crippen LogP contribution in [0.15, 0.2) is 24.3 Å². The number of halogens is 1. The largest absolute Gasteiger partial charge is 0.492 e. The standard InChI is InChI=1S/C22H28ClN3O5/c1-4-29-18-14-17(26-9-11-28-12-10-26)19(30-5-2)13-16(18)24-22(27)21-15(23)7-8-20(25-21)31-6-3/h7-8,13-14H,4-6,9-12H2,1-3H3,(H,24,27). The third kappa shape index (κ3) is 5.71. The average Bonchev–Trinajstić information content (AvgIpc) is 2.77. The van der Waals surface area contributed by atoms with E-state index in [1.165, 1.54) is 0 Å². The van der Waals surface area contributed by atoms with Gasteiger partial charge in [0, 0.05) is 31.3 Å². The van der Waals surface area contributed by atoms with Crippen LogP contribution < -0.4 is 24.4 Å². The second kappa shape index (κ2) is 11.1. The minimum Gasteiger partial charge on any atom is -0.492 e. The monoisotopic (exact) mass is 449 g/mol. The first-order valence-electron chi connectivity index (χ1n) is 10.4. The van der Waals surface area contributed by atoms with Crippen LogP contribution in [0.5, 0.6) is 17.4 Å². The van der Waals surface area contributed by atoms with E-state index in [1.54, 1.807) is 18.2 Å². The summed E-state index contributed by atoms with van der Waals surface area (Å²) < 4.78 is 22.5. The number of nitrogens with one attached hydrogen (secondary N) is 1. The number of rotatable bonds is 9. The number of carbonyl (C=O) groups excluding carboxylic acids is 1. The van der Waals surface area contributed by atoms with Crippen LogP contribution in [0.1, 0.15) is 31.3 Å². The van der Waals surface area contributed by atoms with Gasteiger partial charge < -0.3 is 29.2 Å². The summed E-state index contributed by atoms with van der Waals surface area (Å²) in [5.74, 6) is 1.07. The van der Waals surface area contributed by atoms with E-state index in [4.69, 9.17) is 30.5 Å². The van der Waals surface area contributed by atoms with Crippen LogP contribution in [0.4, 0.5) is 11.4 Å². The van der Waals surface area contributed by atoms with Gasteiger partial charge in [0.2, 0.25) is 5.88 Å². The van der Waals surface area contributed by atoms with Crippen molar-refractivity contribution in [2.75, 3.05) is 56.3 Å². The van der Waals surface area contributed by atoms with Gasteiger partial charge in [0.1, 0.15) is 11.5 Å². The second-order valence-electron chi connectivity index (χ2n) is 6.65. The fourth-order valence-corrected chi connectivity index (χ4v) is 3.43. The predicted molar refractivity (Wildman–Crippen MR) is 120 cm³/mol. The Morgan fingerprint density at radius 3 is 2.42 bits per heavy atom. The zero-order chi connectivity index (χ0) is 22.2. The van der Waals surface area contributed by atoms with Crippen LogP contribution in [-0.2, 0) is 4.74 Å². The molecule has 0 unspecified atom stereocenters. The van der Waals surface area contributed by atoms with Crippen LogP contribution in [0.2, 0.25) is 5.02 Å². The molecule has 3 rings (SSSR count). The molecular formula is C22H28ClN3O5. The molecule has 8 nitrogen and oxygen atoms in total. The van der Waals surface area contributed by atoms with Crippen molar-refractivity contribution in [2.24, 2.45) is 0 Å². The number of morpholine rings is 1. The van der Waals surface area contributed by atoms with Gasteiger partial charge in [-0.15, -0.1) is 0 Å². The average molecular weight is 450 g/mol. The third-order valence-electron chi connectivity index (χ3n) is 4.59. The van der Waals surface area contributed by atoms with Crippen LogP contribution in [0.3, 0.4) is 0 Å². The van der Waals surface area contributed by atoms with Gasteiger partial charge >= 0.3 is 0 Å². The van der Waals surface area contributed by atoms with Gasteiger partial charge in [0.05, 0.1) is 49.4 Å². The maximum Gasteiger partial charge on any atom is 0.276 e. The van der Waals surface area contributed by atoms with Gasteiger partial charge in [-0.1, -0.05) is 11.6 Å². The first-order chi connectivity index (χ1) is 15.1. The molecule has 0 aliphatic carbocycles. The lowest BCUT2D eigenvalue weighted by molar-refractivity contribution is 0.102. The van der Waals surface area contributed by atoms with Gasteiger partial charge in [0.15, 0.2) is 5.69 Å². The number of hydrogen-bond acceptors (Lipinski definition) is 7. The van der Waals surface area contributed by atoms with Crippen molar-refractivity contribution in [3.63, 3.8) is 0 Å². The molecule has 1 saturated heterocycles. The molecular weight excluding hydrogens is 422 g/mol. The number of anilines is 2. The van der Waals surface area contributed by atoms with E-state index in [-0.39, 0.29) is 10.7 Å². The Hall–Kier alpha value is -2.71. The summed E-state index contributed by atoms with van der Waals surface area (Å²) in [5.41, 5.74) is 1.46. The molecule has 2 aromatic rings. The first kappa shape index (κ1) is 23.0. The number of ether oxygens (including phenoxy) is 4.